The van der Waals surface area contributed by atoms with Crippen LogP contribution in [0.4, 0.5) is 0 Å². The summed E-state index contributed by atoms with van der Waals surface area (Å²) in [5.74, 6) is 2.46. The molecule has 20 heavy (non-hydrogen) atoms. The van der Waals surface area contributed by atoms with Crippen molar-refractivity contribution in [2.24, 2.45) is 28.9 Å². The highest BCUT2D eigenvalue weighted by Gasteiger charge is 2.59. The molecule has 2 nitrogen and oxygen atoms in total. The average molecular weight is 272 g/mol. The molecule has 1 aliphatic carbocycles. The summed E-state index contributed by atoms with van der Waals surface area (Å²) in [5, 5.41) is 0. The van der Waals surface area contributed by atoms with Crippen LogP contribution in [0.25, 0.3) is 0 Å². The quantitative estimate of drug-likeness (QED) is 0.912. The first-order valence-electron chi connectivity index (χ1n) is 8.09. The zero-order chi connectivity index (χ0) is 14.2. The van der Waals surface area contributed by atoms with Gasteiger partial charge < -0.3 is 5.73 Å². The number of rotatable bonds is 4. The van der Waals surface area contributed by atoms with Crippen molar-refractivity contribution in [1.29, 1.82) is 0 Å². The maximum absolute atomic E-state index is 5.95. The molecule has 1 heterocycles. The fourth-order valence-electron chi connectivity index (χ4n) is 4.54. The van der Waals surface area contributed by atoms with Gasteiger partial charge in [0.1, 0.15) is 0 Å². The van der Waals surface area contributed by atoms with Gasteiger partial charge in [0.2, 0.25) is 0 Å². The Balaban J connectivity index is 1.60. The number of hydrogen-bond acceptors (Lipinski definition) is 2. The number of nitrogens with two attached hydrogens (primary N) is 1. The van der Waals surface area contributed by atoms with E-state index >= 15 is 0 Å². The fraction of sp³-hybridized carbons (Fsp3) is 0.667. The molecule has 0 amide bonds. The lowest BCUT2D eigenvalue weighted by molar-refractivity contribution is 0.144. The zero-order valence-electron chi connectivity index (χ0n) is 12.9. The Morgan fingerprint density at radius 1 is 1.25 bits per heavy atom. The lowest BCUT2D eigenvalue weighted by atomic mass is 9.89. The van der Waals surface area contributed by atoms with Gasteiger partial charge in [0, 0.05) is 13.1 Å². The van der Waals surface area contributed by atoms with Crippen LogP contribution in [0.2, 0.25) is 0 Å². The molecule has 3 atom stereocenters. The van der Waals surface area contributed by atoms with Crippen molar-refractivity contribution in [1.82, 2.24) is 4.90 Å². The van der Waals surface area contributed by atoms with Crippen molar-refractivity contribution in [2.45, 2.75) is 33.2 Å². The van der Waals surface area contributed by atoms with Crippen LogP contribution < -0.4 is 5.73 Å². The first kappa shape index (κ1) is 14.1. The largest absolute Gasteiger partial charge is 0.330 e. The Hall–Kier alpha value is -0.860. The van der Waals surface area contributed by atoms with E-state index in [-0.39, 0.29) is 0 Å². The minimum absolute atomic E-state index is 0.481. The lowest BCUT2D eigenvalue weighted by Gasteiger charge is -2.33. The highest BCUT2D eigenvalue weighted by molar-refractivity contribution is 5.15. The summed E-state index contributed by atoms with van der Waals surface area (Å²) in [6, 6.07) is 10.9. The molecule has 2 N–H and O–H groups in total. The minimum Gasteiger partial charge on any atom is -0.330 e. The van der Waals surface area contributed by atoms with Crippen molar-refractivity contribution in [3.63, 3.8) is 0 Å². The SMILES string of the molecule is CC1(C)[C@@H](CN)[C@@H]1C1CCCN(Cc2ccccc2)C1. The van der Waals surface area contributed by atoms with E-state index in [1.54, 1.807) is 0 Å². The van der Waals surface area contributed by atoms with Crippen LogP contribution in [0.15, 0.2) is 30.3 Å². The number of likely N-dealkylation sites (tertiary alicyclic amines) is 1. The van der Waals surface area contributed by atoms with Crippen LogP contribution in [0.3, 0.4) is 0 Å². The molecule has 1 unspecified atom stereocenters. The first-order chi connectivity index (χ1) is 9.63. The van der Waals surface area contributed by atoms with Crippen molar-refractivity contribution >= 4 is 0 Å². The van der Waals surface area contributed by atoms with E-state index in [0.29, 0.717) is 5.41 Å². The van der Waals surface area contributed by atoms with Gasteiger partial charge in [-0.05, 0) is 54.7 Å². The minimum atomic E-state index is 0.481. The highest BCUT2D eigenvalue weighted by atomic mass is 15.1. The Kier molecular flexibility index (Phi) is 3.87. The Labute approximate surface area is 123 Å². The van der Waals surface area contributed by atoms with E-state index < -0.39 is 0 Å². The van der Waals surface area contributed by atoms with E-state index in [1.807, 2.05) is 0 Å². The molecule has 0 radical (unpaired) electrons. The van der Waals surface area contributed by atoms with Gasteiger partial charge in [-0.3, -0.25) is 4.90 Å². The van der Waals surface area contributed by atoms with Gasteiger partial charge in [0.25, 0.3) is 0 Å². The average Bonchev–Trinajstić information content (AvgIpc) is 3.02. The summed E-state index contributed by atoms with van der Waals surface area (Å²) < 4.78 is 0. The molecule has 2 fully saturated rings. The molecule has 2 heteroatoms. The molecule has 1 aliphatic heterocycles. The van der Waals surface area contributed by atoms with Crippen LogP contribution in [-0.4, -0.2) is 24.5 Å². The van der Waals surface area contributed by atoms with E-state index in [1.165, 1.54) is 31.5 Å². The van der Waals surface area contributed by atoms with E-state index in [2.05, 4.69) is 49.1 Å². The molecule has 110 valence electrons. The monoisotopic (exact) mass is 272 g/mol. The maximum Gasteiger partial charge on any atom is 0.0233 e. The van der Waals surface area contributed by atoms with Gasteiger partial charge in [-0.15, -0.1) is 0 Å². The van der Waals surface area contributed by atoms with Crippen LogP contribution >= 0.6 is 0 Å². The predicted octanol–water partition coefficient (Wildman–Crippen LogP) is 3.13. The summed E-state index contributed by atoms with van der Waals surface area (Å²) >= 11 is 0. The summed E-state index contributed by atoms with van der Waals surface area (Å²) in [5.41, 5.74) is 7.88. The predicted molar refractivity (Wildman–Crippen MR) is 84.3 cm³/mol. The normalized spacial score (nSPS) is 33.0. The van der Waals surface area contributed by atoms with Crippen LogP contribution in [0, 0.1) is 23.2 Å². The van der Waals surface area contributed by atoms with Gasteiger partial charge >= 0.3 is 0 Å². The van der Waals surface area contributed by atoms with Gasteiger partial charge in [-0.2, -0.15) is 0 Å². The Morgan fingerprint density at radius 2 is 2.00 bits per heavy atom. The third-order valence-corrected chi connectivity index (χ3v) is 5.69. The summed E-state index contributed by atoms with van der Waals surface area (Å²) in [4.78, 5) is 2.64. The smallest absolute Gasteiger partial charge is 0.0233 e. The number of hydrogen-bond donors (Lipinski definition) is 1. The maximum atomic E-state index is 5.95. The molecule has 1 aromatic rings. The molecular formula is C18H28N2. The summed E-state index contributed by atoms with van der Waals surface area (Å²) in [7, 11) is 0. The van der Waals surface area contributed by atoms with Crippen LogP contribution in [-0.2, 0) is 6.54 Å². The molecule has 0 spiro atoms. The third kappa shape index (κ3) is 2.64. The summed E-state index contributed by atoms with van der Waals surface area (Å²) in [6.45, 7) is 9.31. The molecular weight excluding hydrogens is 244 g/mol. The number of piperidine rings is 1. The van der Waals surface area contributed by atoms with Crippen molar-refractivity contribution in [3.8, 4) is 0 Å². The van der Waals surface area contributed by atoms with Crippen molar-refractivity contribution < 1.29 is 0 Å². The number of nitrogens with zero attached hydrogens (tertiary/aromatic N) is 1. The molecule has 0 bridgehead atoms. The molecule has 3 rings (SSSR count). The molecule has 0 aromatic heterocycles. The molecule has 2 aliphatic rings. The van der Waals surface area contributed by atoms with E-state index in [0.717, 1.165) is 30.8 Å². The Bertz CT molecular complexity index is 440. The number of benzene rings is 1. The molecule has 1 saturated carbocycles. The standard InChI is InChI=1S/C18H28N2/c1-18(2)16(11-19)17(18)15-9-6-10-20(13-15)12-14-7-4-3-5-8-14/h3-5,7-8,15-17H,6,9-13,19H2,1-2H3/t15?,16-,17-/m0/s1. The van der Waals surface area contributed by atoms with Gasteiger partial charge in [-0.25, -0.2) is 0 Å². The summed E-state index contributed by atoms with van der Waals surface area (Å²) in [6.07, 6.45) is 2.75. The highest BCUT2D eigenvalue weighted by Crippen LogP contribution is 2.62. The van der Waals surface area contributed by atoms with Gasteiger partial charge in [-0.1, -0.05) is 44.2 Å². The lowest BCUT2D eigenvalue weighted by Crippen LogP contribution is -2.36. The van der Waals surface area contributed by atoms with E-state index in [9.17, 15) is 0 Å². The Morgan fingerprint density at radius 3 is 2.65 bits per heavy atom. The molecule has 1 aromatic carbocycles. The second kappa shape index (κ2) is 5.50. The zero-order valence-corrected chi connectivity index (χ0v) is 12.9. The van der Waals surface area contributed by atoms with Crippen molar-refractivity contribution in [3.05, 3.63) is 35.9 Å². The van der Waals surface area contributed by atoms with Gasteiger partial charge in [0.05, 0.1) is 0 Å². The van der Waals surface area contributed by atoms with Crippen LogP contribution in [0.1, 0.15) is 32.3 Å². The fourth-order valence-corrected chi connectivity index (χ4v) is 4.54. The second-order valence-corrected chi connectivity index (χ2v) is 7.31. The van der Waals surface area contributed by atoms with E-state index in [4.69, 9.17) is 5.73 Å². The van der Waals surface area contributed by atoms with Crippen molar-refractivity contribution in [2.75, 3.05) is 19.6 Å². The first-order valence-corrected chi connectivity index (χ1v) is 8.09. The van der Waals surface area contributed by atoms with Crippen LogP contribution in [0.5, 0.6) is 0 Å². The topological polar surface area (TPSA) is 29.3 Å². The van der Waals surface area contributed by atoms with Gasteiger partial charge in [0.15, 0.2) is 0 Å². The second-order valence-electron chi connectivity index (χ2n) is 7.31. The third-order valence-electron chi connectivity index (χ3n) is 5.69. The molecule has 1 saturated heterocycles.